The number of amides is 1. The minimum absolute atomic E-state index is 0.0513. The van der Waals surface area contributed by atoms with Crippen LogP contribution in [0.5, 0.6) is 0 Å². The summed E-state index contributed by atoms with van der Waals surface area (Å²) < 4.78 is 1.98. The van der Waals surface area contributed by atoms with Gasteiger partial charge in [-0.2, -0.15) is 5.10 Å². The monoisotopic (exact) mass is 427 g/mol. The van der Waals surface area contributed by atoms with E-state index < -0.39 is 5.54 Å². The topological polar surface area (TPSA) is 55.2 Å². The first-order chi connectivity index (χ1) is 14.2. The number of Topliss-reactive ketones (excluding diaryl/α,β-unsaturated/α-hetero) is 1. The van der Waals surface area contributed by atoms with E-state index in [0.29, 0.717) is 35.0 Å². The highest BCUT2D eigenvalue weighted by atomic mass is 35.5. The maximum Gasteiger partial charge on any atom is 0.275 e. The smallest absolute Gasteiger partial charge is 0.275 e. The van der Waals surface area contributed by atoms with Crippen LogP contribution < -0.4 is 0 Å². The van der Waals surface area contributed by atoms with E-state index in [9.17, 15) is 9.59 Å². The second-order valence-electron chi connectivity index (χ2n) is 9.65. The summed E-state index contributed by atoms with van der Waals surface area (Å²) in [5.74, 6) is 0.294. The molecule has 0 aliphatic heterocycles. The zero-order chi connectivity index (χ0) is 21.7. The van der Waals surface area contributed by atoms with Gasteiger partial charge in [0, 0.05) is 35.7 Å². The molecule has 0 N–H and O–H groups in total. The number of benzene rings is 1. The van der Waals surface area contributed by atoms with Gasteiger partial charge in [-0.15, -0.1) is 0 Å². The first-order valence-corrected chi connectivity index (χ1v) is 11.2. The zero-order valence-corrected chi connectivity index (χ0v) is 19.0. The lowest BCUT2D eigenvalue weighted by Gasteiger charge is -2.43. The van der Waals surface area contributed by atoms with Gasteiger partial charge in [0.1, 0.15) is 5.54 Å². The summed E-state index contributed by atoms with van der Waals surface area (Å²) in [5, 5.41) is 5.23. The molecule has 30 heavy (non-hydrogen) atoms. The molecule has 1 heterocycles. The number of rotatable bonds is 4. The van der Waals surface area contributed by atoms with E-state index in [-0.39, 0.29) is 17.2 Å². The summed E-state index contributed by atoms with van der Waals surface area (Å²) in [7, 11) is 1.72. The van der Waals surface area contributed by atoms with Crippen LogP contribution in [0.25, 0.3) is 0 Å². The lowest BCUT2D eigenvalue weighted by atomic mass is 9.74. The standard InChI is InChI=1S/C24H30ClN3O2/c1-23(2,3)28-20(16-12-13-16)15-19(26-28)22(30)27(4)24(14-8-7-11-21(24)29)17-9-5-6-10-18(17)25/h5-6,9-10,15-16H,7-8,11-14H2,1-4H3. The van der Waals surface area contributed by atoms with Gasteiger partial charge in [-0.3, -0.25) is 14.3 Å². The maximum atomic E-state index is 13.7. The Hall–Kier alpha value is -2.14. The van der Waals surface area contributed by atoms with Crippen LogP contribution in [-0.2, 0) is 15.9 Å². The Labute approximate surface area is 183 Å². The lowest BCUT2D eigenvalue weighted by Crippen LogP contribution is -2.54. The predicted molar refractivity (Wildman–Crippen MR) is 118 cm³/mol. The van der Waals surface area contributed by atoms with E-state index in [1.165, 1.54) is 0 Å². The molecule has 1 amide bonds. The highest BCUT2D eigenvalue weighted by Gasteiger charge is 2.48. The Bertz CT molecular complexity index is 987. The average Bonchev–Trinajstić information content (AvgIpc) is 3.45. The summed E-state index contributed by atoms with van der Waals surface area (Å²) in [5.41, 5.74) is 0.972. The molecule has 0 saturated heterocycles. The maximum absolute atomic E-state index is 13.7. The molecule has 1 aromatic carbocycles. The van der Waals surface area contributed by atoms with Gasteiger partial charge in [0.2, 0.25) is 0 Å². The molecule has 0 radical (unpaired) electrons. The molecule has 4 rings (SSSR count). The molecule has 6 heteroatoms. The third-order valence-electron chi connectivity index (χ3n) is 6.44. The van der Waals surface area contributed by atoms with Crippen molar-refractivity contribution in [1.29, 1.82) is 0 Å². The predicted octanol–water partition coefficient (Wildman–Crippen LogP) is 5.28. The van der Waals surface area contributed by atoms with Crippen molar-refractivity contribution in [2.45, 2.75) is 76.3 Å². The van der Waals surface area contributed by atoms with E-state index in [0.717, 1.165) is 31.4 Å². The van der Waals surface area contributed by atoms with Gasteiger partial charge in [-0.1, -0.05) is 29.8 Å². The van der Waals surface area contributed by atoms with Gasteiger partial charge in [0.15, 0.2) is 11.5 Å². The molecule has 2 fully saturated rings. The third kappa shape index (κ3) is 3.47. The second kappa shape index (κ2) is 7.52. The van der Waals surface area contributed by atoms with Gasteiger partial charge < -0.3 is 4.90 Å². The largest absolute Gasteiger partial charge is 0.323 e. The highest BCUT2D eigenvalue weighted by molar-refractivity contribution is 6.31. The van der Waals surface area contributed by atoms with E-state index in [1.807, 2.05) is 28.9 Å². The van der Waals surface area contributed by atoms with Gasteiger partial charge >= 0.3 is 0 Å². The van der Waals surface area contributed by atoms with Gasteiger partial charge in [-0.25, -0.2) is 0 Å². The molecule has 2 aromatic rings. The quantitative estimate of drug-likeness (QED) is 0.667. The summed E-state index contributed by atoms with van der Waals surface area (Å²) in [6.45, 7) is 6.29. The van der Waals surface area contributed by atoms with Crippen molar-refractivity contribution in [2.24, 2.45) is 0 Å². The average molecular weight is 428 g/mol. The van der Waals surface area contributed by atoms with E-state index in [1.54, 1.807) is 18.0 Å². The number of hydrogen-bond acceptors (Lipinski definition) is 3. The van der Waals surface area contributed by atoms with Gasteiger partial charge in [0.25, 0.3) is 5.91 Å². The van der Waals surface area contributed by atoms with Crippen molar-refractivity contribution < 1.29 is 9.59 Å². The SMILES string of the molecule is CN(C(=O)c1cc(C2CC2)n(C(C)(C)C)n1)C1(c2ccccc2Cl)CCCCC1=O. The molecule has 0 bridgehead atoms. The number of aromatic nitrogens is 2. The van der Waals surface area contributed by atoms with Crippen molar-refractivity contribution in [1.82, 2.24) is 14.7 Å². The molecular formula is C24H30ClN3O2. The van der Waals surface area contributed by atoms with Crippen LogP contribution in [-0.4, -0.2) is 33.4 Å². The van der Waals surface area contributed by atoms with Crippen molar-refractivity contribution in [3.05, 3.63) is 52.3 Å². The molecule has 2 saturated carbocycles. The number of halogens is 1. The Morgan fingerprint density at radius 2 is 1.93 bits per heavy atom. The van der Waals surface area contributed by atoms with Crippen LogP contribution in [0.4, 0.5) is 0 Å². The molecule has 0 spiro atoms. The normalized spacial score (nSPS) is 22.2. The molecule has 2 aliphatic rings. The van der Waals surface area contributed by atoms with E-state index >= 15 is 0 Å². The number of ketones is 1. The van der Waals surface area contributed by atoms with Crippen LogP contribution in [0.3, 0.4) is 0 Å². The van der Waals surface area contributed by atoms with Crippen LogP contribution in [0.1, 0.15) is 87.0 Å². The summed E-state index contributed by atoms with van der Waals surface area (Å²) >= 11 is 6.54. The molecular weight excluding hydrogens is 398 g/mol. The van der Waals surface area contributed by atoms with Gasteiger partial charge in [-0.05, 0) is 65.0 Å². The molecule has 1 aromatic heterocycles. The third-order valence-corrected chi connectivity index (χ3v) is 6.77. The van der Waals surface area contributed by atoms with Crippen molar-refractivity contribution >= 4 is 23.3 Å². The fraction of sp³-hybridized carbons (Fsp3) is 0.542. The number of carbonyl (C=O) groups excluding carboxylic acids is 2. The highest BCUT2D eigenvalue weighted by Crippen LogP contribution is 2.44. The van der Waals surface area contributed by atoms with Crippen molar-refractivity contribution in [3.8, 4) is 0 Å². The molecule has 160 valence electrons. The van der Waals surface area contributed by atoms with E-state index in [2.05, 4.69) is 20.8 Å². The molecule has 1 unspecified atom stereocenters. The van der Waals surface area contributed by atoms with Crippen molar-refractivity contribution in [2.75, 3.05) is 7.05 Å². The number of hydrogen-bond donors (Lipinski definition) is 0. The summed E-state index contributed by atoms with van der Waals surface area (Å²) in [6.07, 6.45) is 5.01. The number of likely N-dealkylation sites (N-methyl/N-ethyl adjacent to an activating group) is 1. The van der Waals surface area contributed by atoms with E-state index in [4.69, 9.17) is 16.7 Å². The van der Waals surface area contributed by atoms with Crippen LogP contribution in [0, 0.1) is 0 Å². The van der Waals surface area contributed by atoms with Gasteiger partial charge in [0.05, 0.1) is 5.54 Å². The minimum atomic E-state index is -1.04. The van der Waals surface area contributed by atoms with Crippen LogP contribution in [0.2, 0.25) is 5.02 Å². The number of carbonyl (C=O) groups is 2. The summed E-state index contributed by atoms with van der Waals surface area (Å²) in [6, 6.07) is 9.32. The molecule has 5 nitrogen and oxygen atoms in total. The van der Waals surface area contributed by atoms with Crippen LogP contribution >= 0.6 is 11.6 Å². The fourth-order valence-corrected chi connectivity index (χ4v) is 4.97. The Morgan fingerprint density at radius 1 is 1.23 bits per heavy atom. The first-order valence-electron chi connectivity index (χ1n) is 10.8. The molecule has 1 atom stereocenters. The lowest BCUT2D eigenvalue weighted by molar-refractivity contribution is -0.132. The number of nitrogens with zero attached hydrogens (tertiary/aromatic N) is 3. The Morgan fingerprint density at radius 3 is 2.53 bits per heavy atom. The second-order valence-corrected chi connectivity index (χ2v) is 10.1. The zero-order valence-electron chi connectivity index (χ0n) is 18.2. The minimum Gasteiger partial charge on any atom is -0.323 e. The fourth-order valence-electron chi connectivity index (χ4n) is 4.68. The Kier molecular flexibility index (Phi) is 5.29. The van der Waals surface area contributed by atoms with Crippen LogP contribution in [0.15, 0.2) is 30.3 Å². The molecule has 2 aliphatic carbocycles. The first kappa shape index (κ1) is 21.1. The van der Waals surface area contributed by atoms with Crippen molar-refractivity contribution in [3.63, 3.8) is 0 Å². The summed E-state index contributed by atoms with van der Waals surface area (Å²) in [4.78, 5) is 28.6. The Balaban J connectivity index is 1.78.